The van der Waals surface area contributed by atoms with Gasteiger partial charge in [0.25, 0.3) is 5.91 Å². The van der Waals surface area contributed by atoms with Gasteiger partial charge in [-0.15, -0.1) is 0 Å². The van der Waals surface area contributed by atoms with Gasteiger partial charge in [-0.1, -0.05) is 63.3 Å². The van der Waals surface area contributed by atoms with Crippen molar-refractivity contribution < 1.29 is 9.53 Å². The molecule has 3 aromatic rings. The molecule has 3 atom stereocenters. The van der Waals surface area contributed by atoms with E-state index in [0.717, 1.165) is 23.5 Å². The van der Waals surface area contributed by atoms with Crippen molar-refractivity contribution in [1.29, 1.82) is 0 Å². The van der Waals surface area contributed by atoms with E-state index in [1.165, 1.54) is 16.7 Å². The second-order valence-corrected chi connectivity index (χ2v) is 10.3. The van der Waals surface area contributed by atoms with E-state index >= 15 is 0 Å². The number of carbonyl (C=O) groups is 1. The average molecular weight is 453 g/mol. The number of ether oxygens (including phenoxy) is 1. The molecule has 34 heavy (non-hydrogen) atoms. The van der Waals surface area contributed by atoms with E-state index in [2.05, 4.69) is 67.8 Å². The lowest BCUT2D eigenvalue weighted by Gasteiger charge is -2.38. The number of nitrogens with one attached hydrogen (secondary N) is 2. The first-order valence-corrected chi connectivity index (χ1v) is 12.0. The highest BCUT2D eigenvalue weighted by Gasteiger charge is 2.39. The summed E-state index contributed by atoms with van der Waals surface area (Å²) >= 11 is 0. The Hall–Kier alpha value is -3.53. The predicted octanol–water partition coefficient (Wildman–Crippen LogP) is 7.07. The molecule has 5 rings (SSSR count). The van der Waals surface area contributed by atoms with Crippen molar-refractivity contribution in [3.05, 3.63) is 101 Å². The van der Waals surface area contributed by atoms with Crippen LogP contribution in [0.2, 0.25) is 0 Å². The molecular formula is C30H32N2O2. The minimum Gasteiger partial charge on any atom is -0.496 e. The van der Waals surface area contributed by atoms with Crippen molar-refractivity contribution in [2.24, 2.45) is 5.92 Å². The first-order valence-electron chi connectivity index (χ1n) is 12.0. The Morgan fingerprint density at radius 1 is 1.00 bits per heavy atom. The van der Waals surface area contributed by atoms with Crippen LogP contribution in [0.15, 0.2) is 78.9 Å². The minimum absolute atomic E-state index is 0.0630. The van der Waals surface area contributed by atoms with Crippen LogP contribution in [0.5, 0.6) is 5.75 Å². The molecule has 1 aliphatic carbocycles. The number of rotatable bonds is 4. The fourth-order valence-corrected chi connectivity index (χ4v) is 5.23. The Morgan fingerprint density at radius 2 is 1.76 bits per heavy atom. The van der Waals surface area contributed by atoms with Crippen LogP contribution >= 0.6 is 0 Å². The maximum absolute atomic E-state index is 12.9. The van der Waals surface area contributed by atoms with Gasteiger partial charge in [0.2, 0.25) is 0 Å². The Morgan fingerprint density at radius 3 is 2.50 bits per heavy atom. The van der Waals surface area contributed by atoms with Crippen LogP contribution in [0.3, 0.4) is 0 Å². The number of benzene rings is 3. The summed E-state index contributed by atoms with van der Waals surface area (Å²) in [6.07, 6.45) is 5.59. The van der Waals surface area contributed by atoms with Gasteiger partial charge < -0.3 is 15.4 Å². The highest BCUT2D eigenvalue weighted by Crippen LogP contribution is 2.51. The van der Waals surface area contributed by atoms with Gasteiger partial charge in [0.1, 0.15) is 5.75 Å². The molecule has 0 saturated carbocycles. The second-order valence-electron chi connectivity index (χ2n) is 10.3. The SMILES string of the molecule is COc1ccccc1C1Nc2ccc(NC(=O)c3ccc(C(C)(C)C)cc3)cc2C2C=CCC21. The van der Waals surface area contributed by atoms with Crippen LogP contribution in [0.1, 0.15) is 66.2 Å². The van der Waals surface area contributed by atoms with Gasteiger partial charge >= 0.3 is 0 Å². The highest BCUT2D eigenvalue weighted by atomic mass is 16.5. The quantitative estimate of drug-likeness (QED) is 0.416. The van der Waals surface area contributed by atoms with E-state index in [0.29, 0.717) is 17.4 Å². The van der Waals surface area contributed by atoms with E-state index in [4.69, 9.17) is 4.74 Å². The average Bonchev–Trinajstić information content (AvgIpc) is 3.33. The third-order valence-electron chi connectivity index (χ3n) is 7.11. The normalized spacial score (nSPS) is 20.8. The van der Waals surface area contributed by atoms with Gasteiger partial charge in [0, 0.05) is 28.4 Å². The van der Waals surface area contributed by atoms with E-state index < -0.39 is 0 Å². The number of amides is 1. The van der Waals surface area contributed by atoms with E-state index in [-0.39, 0.29) is 17.4 Å². The van der Waals surface area contributed by atoms with Crippen LogP contribution < -0.4 is 15.4 Å². The molecule has 0 aromatic heterocycles. The van der Waals surface area contributed by atoms with Crippen molar-refractivity contribution in [2.75, 3.05) is 17.7 Å². The molecule has 1 aliphatic heterocycles. The first kappa shape index (κ1) is 22.3. The summed E-state index contributed by atoms with van der Waals surface area (Å²) in [6.45, 7) is 6.52. The van der Waals surface area contributed by atoms with Crippen molar-refractivity contribution in [3.8, 4) is 5.75 Å². The summed E-state index contributed by atoms with van der Waals surface area (Å²) in [5, 5.41) is 6.86. The third-order valence-corrected chi connectivity index (χ3v) is 7.11. The Labute approximate surface area is 202 Å². The van der Waals surface area contributed by atoms with Crippen LogP contribution in [0.25, 0.3) is 0 Å². The molecule has 1 heterocycles. The van der Waals surface area contributed by atoms with Crippen LogP contribution in [0, 0.1) is 5.92 Å². The molecule has 3 aromatic carbocycles. The molecule has 2 aliphatic rings. The zero-order valence-electron chi connectivity index (χ0n) is 20.3. The molecule has 4 heteroatoms. The van der Waals surface area contributed by atoms with E-state index in [1.807, 2.05) is 42.5 Å². The summed E-state index contributed by atoms with van der Waals surface area (Å²) in [5.74, 6) is 1.53. The molecule has 0 fully saturated rings. The smallest absolute Gasteiger partial charge is 0.255 e. The van der Waals surface area contributed by atoms with Crippen molar-refractivity contribution in [3.63, 3.8) is 0 Å². The van der Waals surface area contributed by atoms with Crippen LogP contribution in [-0.2, 0) is 5.41 Å². The van der Waals surface area contributed by atoms with Crippen LogP contribution in [-0.4, -0.2) is 13.0 Å². The molecule has 0 radical (unpaired) electrons. The molecule has 174 valence electrons. The maximum atomic E-state index is 12.9. The molecule has 2 N–H and O–H groups in total. The number of methoxy groups -OCH3 is 1. The number of hydrogen-bond donors (Lipinski definition) is 2. The van der Waals surface area contributed by atoms with E-state index in [9.17, 15) is 4.79 Å². The lowest BCUT2D eigenvalue weighted by molar-refractivity contribution is 0.102. The number of carbonyl (C=O) groups excluding carboxylic acids is 1. The third kappa shape index (κ3) is 4.09. The summed E-state index contributed by atoms with van der Waals surface area (Å²) in [4.78, 5) is 12.9. The molecule has 0 spiro atoms. The maximum Gasteiger partial charge on any atom is 0.255 e. The molecule has 3 unspecified atom stereocenters. The number of anilines is 2. The standard InChI is InChI=1S/C30H32N2O2/c1-30(2,3)20-14-12-19(13-15-20)29(33)31-21-16-17-26-25(18-21)22-9-7-10-23(22)28(32-26)24-8-5-6-11-27(24)34-4/h5-9,11-18,22-23,28,32H,10H2,1-4H3,(H,31,33). The first-order chi connectivity index (χ1) is 16.3. The molecule has 0 bridgehead atoms. The number of fused-ring (bicyclic) bond motifs is 3. The van der Waals surface area contributed by atoms with Crippen molar-refractivity contribution >= 4 is 17.3 Å². The Kier molecular flexibility index (Phi) is 5.68. The van der Waals surface area contributed by atoms with Crippen molar-refractivity contribution in [1.82, 2.24) is 0 Å². The molecule has 4 nitrogen and oxygen atoms in total. The number of hydrogen-bond acceptors (Lipinski definition) is 3. The summed E-state index contributed by atoms with van der Waals surface area (Å²) in [6, 6.07) is 22.5. The summed E-state index contributed by atoms with van der Waals surface area (Å²) < 4.78 is 5.66. The lowest BCUT2D eigenvalue weighted by Crippen LogP contribution is -2.29. The minimum atomic E-state index is -0.0883. The van der Waals surface area contributed by atoms with E-state index in [1.54, 1.807) is 7.11 Å². The highest BCUT2D eigenvalue weighted by molar-refractivity contribution is 6.04. The van der Waals surface area contributed by atoms with Crippen molar-refractivity contribution in [2.45, 2.75) is 44.6 Å². The predicted molar refractivity (Wildman–Crippen MR) is 139 cm³/mol. The monoisotopic (exact) mass is 452 g/mol. The number of allylic oxidation sites excluding steroid dienone is 2. The Balaban J connectivity index is 1.40. The molecular weight excluding hydrogens is 420 g/mol. The van der Waals surface area contributed by atoms with Gasteiger partial charge in [-0.25, -0.2) is 0 Å². The zero-order chi connectivity index (χ0) is 23.9. The fraction of sp³-hybridized carbons (Fsp3) is 0.300. The van der Waals surface area contributed by atoms with Crippen LogP contribution in [0.4, 0.5) is 11.4 Å². The van der Waals surface area contributed by atoms with Gasteiger partial charge in [0.05, 0.1) is 13.2 Å². The van der Waals surface area contributed by atoms with Gasteiger partial charge in [-0.05, 0) is 65.3 Å². The lowest BCUT2D eigenvalue weighted by atomic mass is 9.76. The fourth-order valence-electron chi connectivity index (χ4n) is 5.23. The summed E-state index contributed by atoms with van der Waals surface area (Å²) in [7, 11) is 1.73. The Bertz CT molecular complexity index is 1240. The molecule has 1 amide bonds. The van der Waals surface area contributed by atoms with Gasteiger partial charge in [-0.3, -0.25) is 4.79 Å². The topological polar surface area (TPSA) is 50.4 Å². The largest absolute Gasteiger partial charge is 0.496 e. The summed E-state index contributed by atoms with van der Waals surface area (Å²) in [5.41, 5.74) is 6.28. The second kappa shape index (κ2) is 8.68. The zero-order valence-corrected chi connectivity index (χ0v) is 20.3. The van der Waals surface area contributed by atoms with Gasteiger partial charge in [-0.2, -0.15) is 0 Å². The van der Waals surface area contributed by atoms with Gasteiger partial charge in [0.15, 0.2) is 0 Å². The number of para-hydroxylation sites is 1. The molecule has 0 saturated heterocycles.